The largest absolute Gasteiger partial charge is 0.350 e. The molecular weight excluding hydrogens is 569 g/mol. The molecule has 0 bridgehead atoms. The Labute approximate surface area is 247 Å². The van der Waals surface area contributed by atoms with Crippen LogP contribution in [0.2, 0.25) is 10.0 Å². The number of anilines is 1. The van der Waals surface area contributed by atoms with Crippen LogP contribution < -0.4 is 9.62 Å². The van der Waals surface area contributed by atoms with Gasteiger partial charge in [-0.1, -0.05) is 72.1 Å². The number of sulfonamides is 1. The quantitative estimate of drug-likeness (QED) is 0.298. The number of nitrogens with zero attached hydrogens (tertiary/aromatic N) is 2. The van der Waals surface area contributed by atoms with Crippen molar-refractivity contribution >= 4 is 50.7 Å². The third-order valence-corrected chi connectivity index (χ3v) is 8.55. The molecule has 0 radical (unpaired) electrons. The summed E-state index contributed by atoms with van der Waals surface area (Å²) in [5, 5.41) is 3.71. The van der Waals surface area contributed by atoms with Crippen LogP contribution in [0, 0.1) is 6.92 Å². The average Bonchev–Trinajstić information content (AvgIpc) is 2.88. The SMILES string of the molecule is CCC(C(=O)NC(C)(C)C)N(Cc1ccc(Cl)cc1Cl)C(=O)CN(c1ccc(C)cc1)S(=O)(=O)c1ccccc1. The molecule has 1 atom stereocenters. The maximum absolute atomic E-state index is 14.1. The van der Waals surface area contributed by atoms with Gasteiger partial charge in [-0.2, -0.15) is 0 Å². The molecule has 7 nitrogen and oxygen atoms in total. The number of aryl methyl sites for hydroxylation is 1. The summed E-state index contributed by atoms with van der Waals surface area (Å²) >= 11 is 12.5. The summed E-state index contributed by atoms with van der Waals surface area (Å²) in [7, 11) is -4.12. The van der Waals surface area contributed by atoms with Gasteiger partial charge in [-0.3, -0.25) is 13.9 Å². The number of hydrogen-bond acceptors (Lipinski definition) is 4. The highest BCUT2D eigenvalue weighted by atomic mass is 35.5. The van der Waals surface area contributed by atoms with E-state index in [1.54, 1.807) is 67.6 Å². The molecule has 40 heavy (non-hydrogen) atoms. The number of hydrogen-bond donors (Lipinski definition) is 1. The molecule has 214 valence electrons. The van der Waals surface area contributed by atoms with Crippen LogP contribution in [0.5, 0.6) is 0 Å². The summed E-state index contributed by atoms with van der Waals surface area (Å²) in [6.45, 7) is 8.71. The summed E-state index contributed by atoms with van der Waals surface area (Å²) in [5.74, 6) is -0.900. The van der Waals surface area contributed by atoms with Gasteiger partial charge in [-0.25, -0.2) is 8.42 Å². The summed E-state index contributed by atoms with van der Waals surface area (Å²) in [6.07, 6.45) is 0.300. The third kappa shape index (κ3) is 7.99. The molecule has 0 aliphatic heterocycles. The maximum Gasteiger partial charge on any atom is 0.264 e. The molecule has 0 spiro atoms. The lowest BCUT2D eigenvalue weighted by molar-refractivity contribution is -0.141. The Morgan fingerprint density at radius 3 is 2.12 bits per heavy atom. The molecule has 0 saturated heterocycles. The van der Waals surface area contributed by atoms with Gasteiger partial charge in [0.15, 0.2) is 0 Å². The fourth-order valence-corrected chi connectivity index (χ4v) is 6.07. The van der Waals surface area contributed by atoms with Gasteiger partial charge < -0.3 is 10.2 Å². The standard InChI is InChI=1S/C30H35Cl2N3O4S/c1-6-27(29(37)33-30(3,4)5)34(19-22-14-15-23(31)18-26(22)32)28(36)20-35(24-16-12-21(2)13-17-24)40(38,39)25-10-8-7-9-11-25/h7-18,27H,6,19-20H2,1-5H3,(H,33,37). The summed E-state index contributed by atoms with van der Waals surface area (Å²) < 4.78 is 28.7. The van der Waals surface area contributed by atoms with Gasteiger partial charge in [0.2, 0.25) is 11.8 Å². The number of nitrogens with one attached hydrogen (secondary N) is 1. The molecule has 0 heterocycles. The van der Waals surface area contributed by atoms with Gasteiger partial charge >= 0.3 is 0 Å². The smallest absolute Gasteiger partial charge is 0.264 e. The Bertz CT molecular complexity index is 1440. The van der Waals surface area contributed by atoms with Crippen molar-refractivity contribution < 1.29 is 18.0 Å². The molecule has 1 N–H and O–H groups in total. The number of carbonyl (C=O) groups is 2. The first-order valence-corrected chi connectivity index (χ1v) is 15.1. The van der Waals surface area contributed by atoms with Crippen molar-refractivity contribution in [1.29, 1.82) is 0 Å². The van der Waals surface area contributed by atoms with E-state index in [9.17, 15) is 18.0 Å². The number of halogens is 2. The number of rotatable bonds is 10. The lowest BCUT2D eigenvalue weighted by Crippen LogP contribution is -2.55. The maximum atomic E-state index is 14.1. The molecule has 2 amide bonds. The van der Waals surface area contributed by atoms with Crippen molar-refractivity contribution in [2.24, 2.45) is 0 Å². The molecule has 0 fully saturated rings. The predicted molar refractivity (Wildman–Crippen MR) is 161 cm³/mol. The highest BCUT2D eigenvalue weighted by Gasteiger charge is 2.34. The second kappa shape index (κ2) is 13.1. The Morgan fingerprint density at radius 1 is 0.950 bits per heavy atom. The van der Waals surface area contributed by atoms with Gasteiger partial charge in [-0.15, -0.1) is 0 Å². The Kier molecular flexibility index (Phi) is 10.3. The highest BCUT2D eigenvalue weighted by molar-refractivity contribution is 7.92. The molecule has 0 aliphatic carbocycles. The Morgan fingerprint density at radius 2 is 1.57 bits per heavy atom. The van der Waals surface area contributed by atoms with E-state index in [-0.39, 0.29) is 17.3 Å². The van der Waals surface area contributed by atoms with Crippen molar-refractivity contribution in [3.63, 3.8) is 0 Å². The lowest BCUT2D eigenvalue weighted by Gasteiger charge is -2.35. The first-order valence-electron chi connectivity index (χ1n) is 12.9. The normalized spacial score (nSPS) is 12.5. The first-order chi connectivity index (χ1) is 18.7. The summed E-state index contributed by atoms with van der Waals surface area (Å²) in [4.78, 5) is 28.9. The average molecular weight is 605 g/mol. The van der Waals surface area contributed by atoms with E-state index in [2.05, 4.69) is 5.32 Å². The monoisotopic (exact) mass is 603 g/mol. The van der Waals surface area contributed by atoms with Crippen molar-refractivity contribution in [3.8, 4) is 0 Å². The van der Waals surface area contributed by atoms with Gasteiger partial charge in [-0.05, 0) is 76.1 Å². The molecule has 10 heteroatoms. The zero-order chi connectivity index (χ0) is 29.7. The van der Waals surface area contributed by atoms with Gasteiger partial charge in [0.1, 0.15) is 12.6 Å². The van der Waals surface area contributed by atoms with Crippen LogP contribution in [0.1, 0.15) is 45.2 Å². The molecule has 3 aromatic rings. The topological polar surface area (TPSA) is 86.8 Å². The van der Waals surface area contributed by atoms with E-state index >= 15 is 0 Å². The van der Waals surface area contributed by atoms with Crippen molar-refractivity contribution in [3.05, 3.63) is 94.0 Å². The minimum absolute atomic E-state index is 0.0158. The minimum Gasteiger partial charge on any atom is -0.350 e. The summed E-state index contributed by atoms with van der Waals surface area (Å²) in [5.41, 5.74) is 1.31. The molecule has 1 unspecified atom stereocenters. The van der Waals surface area contributed by atoms with E-state index in [1.807, 2.05) is 27.7 Å². The fraction of sp³-hybridized carbons (Fsp3) is 0.333. The van der Waals surface area contributed by atoms with Gasteiger partial charge in [0, 0.05) is 22.1 Å². The molecular formula is C30H35Cl2N3O4S. The third-order valence-electron chi connectivity index (χ3n) is 6.17. The lowest BCUT2D eigenvalue weighted by atomic mass is 10.1. The molecule has 0 aliphatic rings. The molecule has 3 aromatic carbocycles. The zero-order valence-electron chi connectivity index (χ0n) is 23.3. The summed E-state index contributed by atoms with van der Waals surface area (Å²) in [6, 6.07) is 18.9. The van der Waals surface area contributed by atoms with Crippen molar-refractivity contribution in [2.45, 2.75) is 64.1 Å². The zero-order valence-corrected chi connectivity index (χ0v) is 25.6. The fourth-order valence-electron chi connectivity index (χ4n) is 4.17. The van der Waals surface area contributed by atoms with E-state index in [4.69, 9.17) is 23.2 Å². The van der Waals surface area contributed by atoms with Crippen LogP contribution in [-0.4, -0.2) is 43.3 Å². The number of benzene rings is 3. The number of amides is 2. The van der Waals surface area contributed by atoms with Crippen LogP contribution in [0.25, 0.3) is 0 Å². The Balaban J connectivity index is 2.08. The first kappa shape index (κ1) is 31.5. The van der Waals surface area contributed by atoms with E-state index < -0.39 is 34.1 Å². The van der Waals surface area contributed by atoms with E-state index in [0.29, 0.717) is 27.7 Å². The van der Waals surface area contributed by atoms with Gasteiger partial charge in [0.05, 0.1) is 10.6 Å². The molecule has 0 saturated carbocycles. The second-order valence-corrected chi connectivity index (χ2v) is 13.3. The minimum atomic E-state index is -4.12. The van der Waals surface area contributed by atoms with E-state index in [0.717, 1.165) is 9.87 Å². The Hall–Kier alpha value is -3.07. The van der Waals surface area contributed by atoms with Crippen molar-refractivity contribution in [2.75, 3.05) is 10.8 Å². The highest BCUT2D eigenvalue weighted by Crippen LogP contribution is 2.27. The second-order valence-electron chi connectivity index (χ2n) is 10.6. The van der Waals surface area contributed by atoms with Crippen LogP contribution >= 0.6 is 23.2 Å². The molecule has 0 aromatic heterocycles. The predicted octanol–water partition coefficient (Wildman–Crippen LogP) is 6.22. The van der Waals surface area contributed by atoms with Crippen LogP contribution in [0.3, 0.4) is 0 Å². The van der Waals surface area contributed by atoms with Gasteiger partial charge in [0.25, 0.3) is 10.0 Å². The van der Waals surface area contributed by atoms with Crippen LogP contribution in [-0.2, 0) is 26.2 Å². The number of carbonyl (C=O) groups excluding carboxylic acids is 2. The van der Waals surface area contributed by atoms with E-state index in [1.165, 1.54) is 17.0 Å². The van der Waals surface area contributed by atoms with Crippen molar-refractivity contribution in [1.82, 2.24) is 10.2 Å². The van der Waals surface area contributed by atoms with Crippen LogP contribution in [0.15, 0.2) is 77.7 Å². The van der Waals surface area contributed by atoms with Crippen LogP contribution in [0.4, 0.5) is 5.69 Å². The molecule has 3 rings (SSSR count).